The van der Waals surface area contributed by atoms with Gasteiger partial charge in [-0.05, 0) is 68.1 Å². The molecule has 0 radical (unpaired) electrons. The number of carbonyl (C=O) groups is 2. The molecule has 0 fully saturated rings. The fourth-order valence-electron chi connectivity index (χ4n) is 2.61. The van der Waals surface area contributed by atoms with Gasteiger partial charge in [-0.25, -0.2) is 0 Å². The number of anilines is 2. The molecular weight excluding hydrogens is 332 g/mol. The molecule has 0 aromatic heterocycles. The number of aryl methyl sites for hydroxylation is 2. The molecule has 2 amide bonds. The van der Waals surface area contributed by atoms with Gasteiger partial charge in [0.05, 0.1) is 5.75 Å². The van der Waals surface area contributed by atoms with Crippen LogP contribution >= 0.6 is 11.8 Å². The number of hydrogen-bond donors (Lipinski definition) is 2. The Labute approximate surface area is 153 Å². The first-order chi connectivity index (χ1) is 11.8. The van der Waals surface area contributed by atoms with Crippen LogP contribution in [0.2, 0.25) is 0 Å². The van der Waals surface area contributed by atoms with Crippen molar-refractivity contribution >= 4 is 35.0 Å². The van der Waals surface area contributed by atoms with E-state index in [0.29, 0.717) is 17.1 Å². The number of thioether (sulfide) groups is 1. The van der Waals surface area contributed by atoms with Gasteiger partial charge in [-0.2, -0.15) is 0 Å². The summed E-state index contributed by atoms with van der Waals surface area (Å²) in [6.45, 7) is 9.84. The molecule has 0 aliphatic carbocycles. The topological polar surface area (TPSA) is 58.2 Å². The van der Waals surface area contributed by atoms with Gasteiger partial charge in [0.15, 0.2) is 0 Å². The van der Waals surface area contributed by atoms with Gasteiger partial charge in [0.1, 0.15) is 0 Å². The summed E-state index contributed by atoms with van der Waals surface area (Å²) >= 11 is 1.56. The van der Waals surface area contributed by atoms with Crippen molar-refractivity contribution in [3.05, 3.63) is 52.6 Å². The highest BCUT2D eigenvalue weighted by Crippen LogP contribution is 2.31. The number of nitrogens with one attached hydrogen (secondary N) is 2. The van der Waals surface area contributed by atoms with Crippen molar-refractivity contribution < 1.29 is 9.59 Å². The maximum atomic E-state index is 12.3. The van der Waals surface area contributed by atoms with Crippen molar-refractivity contribution in [2.45, 2.75) is 39.5 Å². The molecule has 4 nitrogen and oxygen atoms in total. The van der Waals surface area contributed by atoms with Crippen LogP contribution in [0.4, 0.5) is 11.4 Å². The van der Waals surface area contributed by atoms with Crippen LogP contribution in [0.5, 0.6) is 0 Å². The number of amides is 2. The van der Waals surface area contributed by atoms with E-state index < -0.39 is 0 Å². The second-order valence-electron chi connectivity index (χ2n) is 6.19. The predicted molar refractivity (Wildman–Crippen MR) is 105 cm³/mol. The van der Waals surface area contributed by atoms with Crippen LogP contribution in [-0.2, 0) is 9.59 Å². The molecule has 0 saturated carbocycles. The van der Waals surface area contributed by atoms with Gasteiger partial charge in [0.2, 0.25) is 11.8 Å². The molecule has 25 heavy (non-hydrogen) atoms. The lowest BCUT2D eigenvalue weighted by molar-refractivity contribution is -0.114. The first-order valence-electron chi connectivity index (χ1n) is 8.15. The molecule has 0 atom stereocenters. The van der Waals surface area contributed by atoms with Crippen molar-refractivity contribution in [1.29, 1.82) is 0 Å². The molecule has 0 saturated heterocycles. The van der Waals surface area contributed by atoms with Crippen molar-refractivity contribution in [3.8, 4) is 0 Å². The minimum absolute atomic E-state index is 0.0667. The molecular formula is C20H24N2O2S. The van der Waals surface area contributed by atoms with Gasteiger partial charge in [-0.1, -0.05) is 12.1 Å². The Morgan fingerprint density at radius 3 is 2.04 bits per heavy atom. The molecule has 2 N–H and O–H groups in total. The lowest BCUT2D eigenvalue weighted by atomic mass is 10.0. The van der Waals surface area contributed by atoms with Crippen LogP contribution in [-0.4, -0.2) is 17.6 Å². The third-order valence-electron chi connectivity index (χ3n) is 4.11. The largest absolute Gasteiger partial charge is 0.326 e. The molecule has 0 aliphatic heterocycles. The average Bonchev–Trinajstić information content (AvgIpc) is 2.52. The van der Waals surface area contributed by atoms with Crippen LogP contribution in [0.1, 0.15) is 29.2 Å². The Morgan fingerprint density at radius 2 is 1.48 bits per heavy atom. The van der Waals surface area contributed by atoms with Crippen LogP contribution < -0.4 is 10.6 Å². The Morgan fingerprint density at radius 1 is 0.920 bits per heavy atom. The highest BCUT2D eigenvalue weighted by atomic mass is 32.2. The highest BCUT2D eigenvalue weighted by molar-refractivity contribution is 8.00. The van der Waals surface area contributed by atoms with E-state index in [9.17, 15) is 9.59 Å². The molecule has 5 heteroatoms. The van der Waals surface area contributed by atoms with Crippen LogP contribution in [0.15, 0.2) is 35.2 Å². The first kappa shape index (κ1) is 19.1. The summed E-state index contributed by atoms with van der Waals surface area (Å²) in [4.78, 5) is 24.6. The second-order valence-corrected chi connectivity index (χ2v) is 7.17. The lowest BCUT2D eigenvalue weighted by Gasteiger charge is -2.14. The van der Waals surface area contributed by atoms with Crippen LogP contribution in [0.25, 0.3) is 0 Å². The second kappa shape index (κ2) is 8.21. The molecule has 0 bridgehead atoms. The van der Waals surface area contributed by atoms with Gasteiger partial charge in [0, 0.05) is 23.2 Å². The van der Waals surface area contributed by atoms with Gasteiger partial charge in [-0.3, -0.25) is 9.59 Å². The maximum Gasteiger partial charge on any atom is 0.234 e. The summed E-state index contributed by atoms with van der Waals surface area (Å²) in [6.07, 6.45) is 0. The molecule has 2 aromatic rings. The summed E-state index contributed by atoms with van der Waals surface area (Å²) in [7, 11) is 0. The SMILES string of the molecule is CC(=O)Nc1cccc(NC(=O)CSc2c(C)c(C)cc(C)c2C)c1. The quantitative estimate of drug-likeness (QED) is 0.769. The third-order valence-corrected chi connectivity index (χ3v) is 5.42. The van der Waals surface area contributed by atoms with Gasteiger partial charge in [0.25, 0.3) is 0 Å². The van der Waals surface area contributed by atoms with Gasteiger partial charge in [-0.15, -0.1) is 11.8 Å². The minimum atomic E-state index is -0.139. The molecule has 2 rings (SSSR count). The van der Waals surface area contributed by atoms with E-state index in [4.69, 9.17) is 0 Å². The number of benzene rings is 2. The zero-order valence-corrected chi connectivity index (χ0v) is 16.1. The smallest absolute Gasteiger partial charge is 0.234 e. The highest BCUT2D eigenvalue weighted by Gasteiger charge is 2.11. The Bertz CT molecular complexity index is 789. The number of hydrogen-bond acceptors (Lipinski definition) is 3. The van der Waals surface area contributed by atoms with E-state index in [1.807, 2.05) is 0 Å². The molecule has 0 heterocycles. The average molecular weight is 356 g/mol. The van der Waals surface area contributed by atoms with E-state index in [2.05, 4.69) is 44.4 Å². The summed E-state index contributed by atoms with van der Waals surface area (Å²) in [5.74, 6) is 0.136. The van der Waals surface area contributed by atoms with E-state index in [-0.39, 0.29) is 11.8 Å². The zero-order chi connectivity index (χ0) is 18.6. The fraction of sp³-hybridized carbons (Fsp3) is 0.300. The van der Waals surface area contributed by atoms with Crippen molar-refractivity contribution in [1.82, 2.24) is 0 Å². The minimum Gasteiger partial charge on any atom is -0.326 e. The van der Waals surface area contributed by atoms with Gasteiger partial charge >= 0.3 is 0 Å². The number of rotatable bonds is 5. The molecule has 2 aromatic carbocycles. The van der Waals surface area contributed by atoms with E-state index in [0.717, 1.165) is 0 Å². The van der Waals surface area contributed by atoms with Crippen molar-refractivity contribution in [2.75, 3.05) is 16.4 Å². The lowest BCUT2D eigenvalue weighted by Crippen LogP contribution is -2.15. The summed E-state index contributed by atoms with van der Waals surface area (Å²) < 4.78 is 0. The van der Waals surface area contributed by atoms with E-state index >= 15 is 0 Å². The Kier molecular flexibility index (Phi) is 6.26. The molecule has 0 aliphatic rings. The summed E-state index contributed by atoms with van der Waals surface area (Å²) in [5.41, 5.74) is 6.29. The van der Waals surface area contributed by atoms with Crippen molar-refractivity contribution in [3.63, 3.8) is 0 Å². The third kappa shape index (κ3) is 5.10. The number of carbonyl (C=O) groups excluding carboxylic acids is 2. The van der Waals surface area contributed by atoms with Crippen molar-refractivity contribution in [2.24, 2.45) is 0 Å². The van der Waals surface area contributed by atoms with E-state index in [1.165, 1.54) is 34.1 Å². The molecule has 0 spiro atoms. The Hall–Kier alpha value is -2.27. The van der Waals surface area contributed by atoms with Gasteiger partial charge < -0.3 is 10.6 Å². The summed E-state index contributed by atoms with van der Waals surface area (Å²) in [5, 5.41) is 5.59. The van der Waals surface area contributed by atoms with Crippen LogP contribution in [0.3, 0.4) is 0 Å². The Balaban J connectivity index is 2.04. The van der Waals surface area contributed by atoms with Crippen LogP contribution in [0, 0.1) is 27.7 Å². The molecule has 0 unspecified atom stereocenters. The summed E-state index contributed by atoms with van der Waals surface area (Å²) in [6, 6.07) is 9.32. The van der Waals surface area contributed by atoms with E-state index in [1.54, 1.807) is 36.0 Å². The monoisotopic (exact) mass is 356 g/mol. The molecule has 132 valence electrons. The zero-order valence-electron chi connectivity index (χ0n) is 15.3. The maximum absolute atomic E-state index is 12.3. The predicted octanol–water partition coefficient (Wildman–Crippen LogP) is 4.61. The standard InChI is InChI=1S/C20H24N2O2S/c1-12-9-13(2)15(4)20(14(12)3)25-11-19(24)22-18-8-6-7-17(10-18)21-16(5)23/h6-10H,11H2,1-5H3,(H,21,23)(H,22,24). The normalized spacial score (nSPS) is 10.4. The fourth-order valence-corrected chi connectivity index (χ4v) is 3.71. The first-order valence-corrected chi connectivity index (χ1v) is 9.14.